The molecule has 2 unspecified atom stereocenters. The minimum absolute atomic E-state index is 0.125. The summed E-state index contributed by atoms with van der Waals surface area (Å²) in [6, 6.07) is 9.79. The van der Waals surface area contributed by atoms with Crippen molar-refractivity contribution in [3.63, 3.8) is 0 Å². The van der Waals surface area contributed by atoms with Gasteiger partial charge in [0.2, 0.25) is 0 Å². The normalized spacial score (nSPS) is 18.8. The van der Waals surface area contributed by atoms with Crippen LogP contribution in [0.1, 0.15) is 47.4 Å². The fourth-order valence-corrected chi connectivity index (χ4v) is 3.76. The molecule has 1 fully saturated rings. The Balaban J connectivity index is 2.01. The Bertz CT molecular complexity index is 851. The lowest BCUT2D eigenvalue weighted by Crippen LogP contribution is -2.35. The van der Waals surface area contributed by atoms with Crippen molar-refractivity contribution in [3.05, 3.63) is 77.3 Å². The van der Waals surface area contributed by atoms with Gasteiger partial charge in [-0.2, -0.15) is 13.2 Å². The van der Waals surface area contributed by atoms with Crippen molar-refractivity contribution >= 4 is 0 Å². The molecular weight excluding hydrogens is 379 g/mol. The molecule has 156 valence electrons. The summed E-state index contributed by atoms with van der Waals surface area (Å²) in [4.78, 5) is 6.46. The summed E-state index contributed by atoms with van der Waals surface area (Å²) in [5.41, 5.74) is 11.7. The molecule has 5 N–H and O–H groups in total. The number of nitrogens with zero attached hydrogens (tertiary/aromatic N) is 2. The van der Waals surface area contributed by atoms with Gasteiger partial charge in [-0.3, -0.25) is 9.88 Å². The van der Waals surface area contributed by atoms with Crippen molar-refractivity contribution in [2.75, 3.05) is 13.6 Å². The fourth-order valence-electron chi connectivity index (χ4n) is 3.76. The first kappa shape index (κ1) is 21.3. The first-order valence-corrected chi connectivity index (χ1v) is 9.47. The van der Waals surface area contributed by atoms with Crippen LogP contribution in [0, 0.1) is 0 Å². The van der Waals surface area contributed by atoms with Crippen LogP contribution in [-0.4, -0.2) is 29.5 Å². The van der Waals surface area contributed by atoms with Crippen molar-refractivity contribution in [3.8, 4) is 0 Å². The highest BCUT2D eigenvalue weighted by molar-refractivity contribution is 5.37. The van der Waals surface area contributed by atoms with Crippen molar-refractivity contribution in [2.24, 2.45) is 11.5 Å². The number of likely N-dealkylation sites (N-methyl/N-ethyl adjacent to an activating group) is 1. The molecule has 2 atom stereocenters. The van der Waals surface area contributed by atoms with Gasteiger partial charge in [0, 0.05) is 23.5 Å². The van der Waals surface area contributed by atoms with E-state index < -0.39 is 23.9 Å². The molecule has 0 bridgehead atoms. The summed E-state index contributed by atoms with van der Waals surface area (Å²) < 4.78 is 40.9. The highest BCUT2D eigenvalue weighted by Crippen LogP contribution is 2.35. The molecule has 0 spiro atoms. The van der Waals surface area contributed by atoms with Crippen LogP contribution in [-0.2, 0) is 6.18 Å². The summed E-state index contributed by atoms with van der Waals surface area (Å²) in [6.07, 6.45) is -2.74. The van der Waals surface area contributed by atoms with Gasteiger partial charge in [0.25, 0.3) is 0 Å². The lowest BCUT2D eigenvalue weighted by molar-refractivity contribution is -0.138. The summed E-state index contributed by atoms with van der Waals surface area (Å²) in [5.74, 6) is 0. The van der Waals surface area contributed by atoms with Crippen molar-refractivity contribution in [1.82, 2.24) is 15.2 Å². The Morgan fingerprint density at radius 3 is 2.52 bits per heavy atom. The van der Waals surface area contributed by atoms with E-state index in [9.17, 15) is 13.2 Å². The van der Waals surface area contributed by atoms with Crippen LogP contribution in [0.15, 0.2) is 54.9 Å². The monoisotopic (exact) mass is 405 g/mol. The quantitative estimate of drug-likeness (QED) is 0.643. The van der Waals surface area contributed by atoms with E-state index in [1.807, 2.05) is 37.4 Å². The Hall–Kier alpha value is -2.42. The van der Waals surface area contributed by atoms with Crippen LogP contribution in [0.4, 0.5) is 13.2 Å². The van der Waals surface area contributed by atoms with Gasteiger partial charge >= 0.3 is 6.18 Å². The van der Waals surface area contributed by atoms with E-state index in [4.69, 9.17) is 11.5 Å². The maximum atomic E-state index is 13.6. The molecule has 8 heteroatoms. The Kier molecular flexibility index (Phi) is 6.26. The minimum atomic E-state index is -4.59. The highest BCUT2D eigenvalue weighted by Gasteiger charge is 2.36. The molecule has 0 amide bonds. The molecular formula is C21H26F3N5. The lowest BCUT2D eigenvalue weighted by atomic mass is 9.98. The van der Waals surface area contributed by atoms with Gasteiger partial charge in [0.05, 0.1) is 23.5 Å². The second-order valence-corrected chi connectivity index (χ2v) is 7.37. The predicted molar refractivity (Wildman–Crippen MR) is 107 cm³/mol. The number of rotatable bonds is 6. The Morgan fingerprint density at radius 2 is 1.97 bits per heavy atom. The summed E-state index contributed by atoms with van der Waals surface area (Å²) >= 11 is 0. The van der Waals surface area contributed by atoms with Crippen molar-refractivity contribution in [2.45, 2.75) is 37.3 Å². The fraction of sp³-hybridized carbons (Fsp3) is 0.381. The van der Waals surface area contributed by atoms with Gasteiger partial charge in [-0.25, -0.2) is 0 Å². The third-order valence-corrected chi connectivity index (χ3v) is 5.30. The van der Waals surface area contributed by atoms with Gasteiger partial charge in [-0.05, 0) is 38.1 Å². The van der Waals surface area contributed by atoms with Crippen molar-refractivity contribution in [1.29, 1.82) is 0 Å². The molecule has 1 aliphatic heterocycles. The second kappa shape index (κ2) is 8.52. The molecule has 0 radical (unpaired) electrons. The number of hydrogen-bond donors (Lipinski definition) is 3. The van der Waals surface area contributed by atoms with E-state index in [-0.39, 0.29) is 17.3 Å². The number of nitrogens with two attached hydrogens (primary N) is 2. The van der Waals surface area contributed by atoms with E-state index in [0.717, 1.165) is 42.9 Å². The second-order valence-electron chi connectivity index (χ2n) is 7.37. The van der Waals surface area contributed by atoms with Crippen LogP contribution in [0.5, 0.6) is 0 Å². The molecule has 1 aromatic heterocycles. The van der Waals surface area contributed by atoms with Crippen LogP contribution >= 0.6 is 0 Å². The number of nitrogens with one attached hydrogen (secondary N) is 1. The zero-order chi connectivity index (χ0) is 21.2. The minimum Gasteiger partial charge on any atom is -0.375 e. The number of pyridine rings is 1. The van der Waals surface area contributed by atoms with E-state index in [1.54, 1.807) is 0 Å². The van der Waals surface area contributed by atoms with Gasteiger partial charge in [-0.15, -0.1) is 0 Å². The zero-order valence-electron chi connectivity index (χ0n) is 16.3. The molecule has 1 aliphatic rings. The molecule has 0 aliphatic carbocycles. The number of alkyl halides is 3. The first-order chi connectivity index (χ1) is 13.7. The number of hydrogen-bond acceptors (Lipinski definition) is 5. The molecule has 2 aromatic rings. The molecule has 5 nitrogen and oxygen atoms in total. The van der Waals surface area contributed by atoms with Crippen LogP contribution in [0.2, 0.25) is 0 Å². The Morgan fingerprint density at radius 1 is 1.28 bits per heavy atom. The topological polar surface area (TPSA) is 80.2 Å². The average molecular weight is 405 g/mol. The van der Waals surface area contributed by atoms with Gasteiger partial charge < -0.3 is 16.8 Å². The Labute approximate surface area is 168 Å². The third-order valence-electron chi connectivity index (χ3n) is 5.30. The van der Waals surface area contributed by atoms with E-state index >= 15 is 0 Å². The number of likely N-dealkylation sites (tertiary alicyclic amines) is 1. The summed E-state index contributed by atoms with van der Waals surface area (Å²) in [6.45, 7) is 5.11. The van der Waals surface area contributed by atoms with Crippen LogP contribution in [0.25, 0.3) is 0 Å². The van der Waals surface area contributed by atoms with E-state index in [2.05, 4.69) is 21.8 Å². The maximum absolute atomic E-state index is 13.6. The van der Waals surface area contributed by atoms with Crippen LogP contribution < -0.4 is 16.8 Å². The van der Waals surface area contributed by atoms with E-state index in [1.165, 1.54) is 0 Å². The standard InChI is InChI=1S/C21H26F3N5/c1-13(18-9-6-10-29(18)2)28-19(14-7-4-3-5-8-14)17-11-16(21(22,23)24)15(12-27-17)20(25)26/h3-5,7-8,11-12,18-20,28H,1,6,9-10,25-26H2,2H3. The zero-order valence-corrected chi connectivity index (χ0v) is 16.3. The molecule has 29 heavy (non-hydrogen) atoms. The van der Waals surface area contributed by atoms with Gasteiger partial charge in [0.15, 0.2) is 0 Å². The van der Waals surface area contributed by atoms with Gasteiger partial charge in [-0.1, -0.05) is 36.9 Å². The summed E-state index contributed by atoms with van der Waals surface area (Å²) in [7, 11) is 2.01. The van der Waals surface area contributed by atoms with Crippen molar-refractivity contribution < 1.29 is 13.2 Å². The third kappa shape index (κ3) is 4.77. The highest BCUT2D eigenvalue weighted by atomic mass is 19.4. The van der Waals surface area contributed by atoms with Crippen LogP contribution in [0.3, 0.4) is 0 Å². The molecule has 0 saturated carbocycles. The number of halogens is 3. The molecule has 1 saturated heterocycles. The SMILES string of the molecule is C=C(NC(c1ccccc1)c1cc(C(F)(F)F)c(C(N)N)cn1)C1CCCN1C. The smallest absolute Gasteiger partial charge is 0.375 e. The largest absolute Gasteiger partial charge is 0.416 e. The maximum Gasteiger partial charge on any atom is 0.416 e. The number of aromatic nitrogens is 1. The average Bonchev–Trinajstić information content (AvgIpc) is 3.11. The molecule has 1 aromatic carbocycles. The predicted octanol–water partition coefficient (Wildman–Crippen LogP) is 3.30. The van der Waals surface area contributed by atoms with E-state index in [0.29, 0.717) is 0 Å². The summed E-state index contributed by atoms with van der Waals surface area (Å²) in [5, 5.41) is 3.32. The first-order valence-electron chi connectivity index (χ1n) is 9.47. The van der Waals surface area contributed by atoms with Gasteiger partial charge in [0.1, 0.15) is 0 Å². The number of benzene rings is 1. The molecule has 3 rings (SSSR count). The lowest BCUT2D eigenvalue weighted by Gasteiger charge is -2.28. The molecule has 2 heterocycles.